The minimum absolute atomic E-state index is 0.233. The average Bonchev–Trinajstić information content (AvgIpc) is 2.86. The molecule has 1 aliphatic rings. The summed E-state index contributed by atoms with van der Waals surface area (Å²) in [5.74, 6) is 0.346. The van der Waals surface area contributed by atoms with E-state index in [0.29, 0.717) is 11.8 Å². The molecule has 0 saturated carbocycles. The van der Waals surface area contributed by atoms with Crippen molar-refractivity contribution < 1.29 is 14.0 Å². The van der Waals surface area contributed by atoms with Crippen LogP contribution in [0, 0.1) is 0 Å². The molecule has 1 fully saturated rings. The highest BCUT2D eigenvalue weighted by atomic mass is 16.3. The molecule has 0 radical (unpaired) electrons. The maximum Gasteiger partial charge on any atom is 0.321 e. The summed E-state index contributed by atoms with van der Waals surface area (Å²) in [6.07, 6.45) is 1.53. The van der Waals surface area contributed by atoms with Gasteiger partial charge >= 0.3 is 6.03 Å². The number of imide groups is 1. The normalized spacial score (nSPS) is 14.9. The number of carbonyl (C=O) groups is 2. The van der Waals surface area contributed by atoms with Crippen LogP contribution in [0.2, 0.25) is 0 Å². The maximum atomic E-state index is 11.8. The van der Waals surface area contributed by atoms with Crippen molar-refractivity contribution in [1.82, 2.24) is 20.9 Å². The lowest BCUT2D eigenvalue weighted by Crippen LogP contribution is -2.59. The fraction of sp³-hybridized carbons (Fsp3) is 0.538. The van der Waals surface area contributed by atoms with Crippen molar-refractivity contribution in [1.29, 1.82) is 0 Å². The molecule has 1 aliphatic heterocycles. The largest absolute Gasteiger partial charge is 0.467 e. The number of furan rings is 1. The number of hydrogen-bond acceptors (Lipinski definition) is 5. The highest BCUT2D eigenvalue weighted by Crippen LogP contribution is 2.03. The monoisotopic (exact) mass is 280 g/mol. The first-order valence-electron chi connectivity index (χ1n) is 6.74. The van der Waals surface area contributed by atoms with E-state index in [9.17, 15) is 9.59 Å². The minimum atomic E-state index is -0.505. The second-order valence-corrected chi connectivity index (χ2v) is 4.69. The minimum Gasteiger partial charge on any atom is -0.467 e. The number of carbonyl (C=O) groups excluding carboxylic acids is 2. The van der Waals surface area contributed by atoms with Crippen molar-refractivity contribution in [3.05, 3.63) is 24.2 Å². The first-order valence-corrected chi connectivity index (χ1v) is 6.74. The second-order valence-electron chi connectivity index (χ2n) is 4.69. The Morgan fingerprint density at radius 1 is 1.50 bits per heavy atom. The fourth-order valence-corrected chi connectivity index (χ4v) is 2.01. The first-order chi connectivity index (χ1) is 9.69. The summed E-state index contributed by atoms with van der Waals surface area (Å²) in [5, 5.41) is 8.05. The summed E-state index contributed by atoms with van der Waals surface area (Å²) in [6, 6.07) is 3.38. The molecule has 0 atom stereocenters. The number of amides is 3. The van der Waals surface area contributed by atoms with Gasteiger partial charge in [-0.1, -0.05) is 6.92 Å². The van der Waals surface area contributed by atoms with Crippen LogP contribution in [0.5, 0.6) is 0 Å². The van der Waals surface area contributed by atoms with Crippen LogP contribution in [-0.2, 0) is 11.3 Å². The summed E-state index contributed by atoms with van der Waals surface area (Å²) >= 11 is 0. The van der Waals surface area contributed by atoms with Crippen molar-refractivity contribution in [2.45, 2.75) is 19.5 Å². The molecule has 7 nitrogen and oxygen atoms in total. The molecule has 0 unspecified atom stereocenters. The van der Waals surface area contributed by atoms with Crippen molar-refractivity contribution >= 4 is 11.9 Å². The van der Waals surface area contributed by atoms with Gasteiger partial charge in [-0.2, -0.15) is 0 Å². The van der Waals surface area contributed by atoms with Gasteiger partial charge in [0.05, 0.1) is 19.4 Å². The van der Waals surface area contributed by atoms with Crippen LogP contribution in [0.4, 0.5) is 4.79 Å². The lowest BCUT2D eigenvalue weighted by Gasteiger charge is -2.37. The van der Waals surface area contributed by atoms with Crippen LogP contribution in [-0.4, -0.2) is 49.1 Å². The number of likely N-dealkylation sites (N-methyl/N-ethyl adjacent to an activating group) is 1. The van der Waals surface area contributed by atoms with Crippen molar-refractivity contribution in [2.24, 2.45) is 0 Å². The molecule has 0 aromatic carbocycles. The standard InChI is InChI=1S/C13H20N4O3/c1-2-17(10-6-14-7-10)9-12(18)16-13(19)15-8-11-4-3-5-20-11/h3-5,10,14H,2,6-9H2,1H3,(H2,15,16,18,19). The molecule has 3 N–H and O–H groups in total. The molecule has 7 heteroatoms. The quantitative estimate of drug-likeness (QED) is 0.677. The average molecular weight is 280 g/mol. The van der Waals surface area contributed by atoms with Crippen LogP contribution in [0.15, 0.2) is 22.8 Å². The van der Waals surface area contributed by atoms with Gasteiger partial charge in [-0.25, -0.2) is 4.79 Å². The van der Waals surface area contributed by atoms with Gasteiger partial charge in [0, 0.05) is 19.1 Å². The Balaban J connectivity index is 1.68. The first kappa shape index (κ1) is 14.5. The Kier molecular flexibility index (Phi) is 5.14. The van der Waals surface area contributed by atoms with E-state index in [1.807, 2.05) is 11.8 Å². The molecule has 3 amide bonds. The van der Waals surface area contributed by atoms with E-state index in [1.54, 1.807) is 12.1 Å². The van der Waals surface area contributed by atoms with Gasteiger partial charge in [0.1, 0.15) is 5.76 Å². The Morgan fingerprint density at radius 3 is 2.85 bits per heavy atom. The van der Waals surface area contributed by atoms with E-state index in [0.717, 1.165) is 19.6 Å². The number of rotatable bonds is 6. The molecule has 1 saturated heterocycles. The topological polar surface area (TPSA) is 86.6 Å². The van der Waals surface area contributed by atoms with Crippen molar-refractivity contribution in [3.8, 4) is 0 Å². The lowest BCUT2D eigenvalue weighted by atomic mass is 10.1. The van der Waals surface area contributed by atoms with Gasteiger partial charge in [-0.3, -0.25) is 15.0 Å². The van der Waals surface area contributed by atoms with Crippen LogP contribution in [0.3, 0.4) is 0 Å². The lowest BCUT2D eigenvalue weighted by molar-refractivity contribution is -0.121. The van der Waals surface area contributed by atoms with Gasteiger partial charge in [0.15, 0.2) is 0 Å². The predicted molar refractivity (Wildman–Crippen MR) is 73.0 cm³/mol. The zero-order valence-electron chi connectivity index (χ0n) is 11.5. The Hall–Kier alpha value is -1.86. The maximum absolute atomic E-state index is 11.8. The second kappa shape index (κ2) is 7.06. The molecule has 20 heavy (non-hydrogen) atoms. The zero-order valence-corrected chi connectivity index (χ0v) is 11.5. The molecular weight excluding hydrogens is 260 g/mol. The van der Waals surface area contributed by atoms with E-state index in [4.69, 9.17) is 4.42 Å². The van der Waals surface area contributed by atoms with Crippen LogP contribution in [0.1, 0.15) is 12.7 Å². The van der Waals surface area contributed by atoms with Gasteiger partial charge in [0.2, 0.25) is 5.91 Å². The molecule has 0 aliphatic carbocycles. The van der Waals surface area contributed by atoms with Crippen LogP contribution < -0.4 is 16.0 Å². The third kappa shape index (κ3) is 4.07. The zero-order chi connectivity index (χ0) is 14.4. The van der Waals surface area contributed by atoms with E-state index < -0.39 is 6.03 Å². The van der Waals surface area contributed by atoms with Gasteiger partial charge in [-0.15, -0.1) is 0 Å². The van der Waals surface area contributed by atoms with Crippen molar-refractivity contribution in [3.63, 3.8) is 0 Å². The number of nitrogens with one attached hydrogen (secondary N) is 3. The van der Waals surface area contributed by atoms with E-state index in [2.05, 4.69) is 16.0 Å². The molecule has 2 heterocycles. The van der Waals surface area contributed by atoms with Crippen LogP contribution >= 0.6 is 0 Å². The summed E-state index contributed by atoms with van der Waals surface area (Å²) in [6.45, 7) is 5.07. The smallest absolute Gasteiger partial charge is 0.321 e. The fourth-order valence-electron chi connectivity index (χ4n) is 2.01. The van der Waals surface area contributed by atoms with E-state index >= 15 is 0 Å². The predicted octanol–water partition coefficient (Wildman–Crippen LogP) is -0.101. The highest BCUT2D eigenvalue weighted by molar-refractivity contribution is 5.95. The third-order valence-corrected chi connectivity index (χ3v) is 3.29. The highest BCUT2D eigenvalue weighted by Gasteiger charge is 2.25. The third-order valence-electron chi connectivity index (χ3n) is 3.29. The van der Waals surface area contributed by atoms with Crippen LogP contribution in [0.25, 0.3) is 0 Å². The van der Waals surface area contributed by atoms with Gasteiger partial charge in [0.25, 0.3) is 0 Å². The molecule has 110 valence electrons. The van der Waals surface area contributed by atoms with Crippen molar-refractivity contribution in [2.75, 3.05) is 26.2 Å². The summed E-state index contributed by atoms with van der Waals surface area (Å²) < 4.78 is 5.08. The Morgan fingerprint density at radius 2 is 2.30 bits per heavy atom. The molecule has 1 aromatic rings. The summed E-state index contributed by atoms with van der Waals surface area (Å²) in [4.78, 5) is 25.4. The Bertz CT molecular complexity index is 442. The molecule has 1 aromatic heterocycles. The number of urea groups is 1. The van der Waals surface area contributed by atoms with Gasteiger partial charge < -0.3 is 15.1 Å². The molecule has 2 rings (SSSR count). The number of hydrogen-bond donors (Lipinski definition) is 3. The van der Waals surface area contributed by atoms with E-state index in [1.165, 1.54) is 6.26 Å². The molecular formula is C13H20N4O3. The summed E-state index contributed by atoms with van der Waals surface area (Å²) in [7, 11) is 0. The molecule has 0 bridgehead atoms. The van der Waals surface area contributed by atoms with Gasteiger partial charge in [-0.05, 0) is 18.7 Å². The summed E-state index contributed by atoms with van der Waals surface area (Å²) in [5.41, 5.74) is 0. The van der Waals surface area contributed by atoms with E-state index in [-0.39, 0.29) is 19.0 Å². The molecule has 0 spiro atoms. The number of nitrogens with zero attached hydrogens (tertiary/aromatic N) is 1. The SMILES string of the molecule is CCN(CC(=O)NC(=O)NCc1ccco1)C1CNC1. The Labute approximate surface area is 117 Å².